The molecule has 1 aromatic carbocycles. The van der Waals surface area contributed by atoms with E-state index in [0.29, 0.717) is 22.8 Å². The summed E-state index contributed by atoms with van der Waals surface area (Å²) in [6.45, 7) is 0. The molecule has 0 fully saturated rings. The standard InChI is InChI=1S/C13H10FN5O2/c1-20-11-5-4-10(17-18-11)12-16-13(21-19-12)8-6-7(14)2-3-9(8)15/h2-6H,15H2,1H3. The number of rotatable bonds is 3. The Kier molecular flexibility index (Phi) is 3.19. The third-order valence-electron chi connectivity index (χ3n) is 2.75. The molecule has 0 spiro atoms. The highest BCUT2D eigenvalue weighted by Gasteiger charge is 2.15. The molecule has 0 bridgehead atoms. The van der Waals surface area contributed by atoms with Crippen LogP contribution in [-0.2, 0) is 0 Å². The maximum Gasteiger partial charge on any atom is 0.260 e. The fourth-order valence-corrected chi connectivity index (χ4v) is 1.70. The number of nitrogen functional groups attached to an aromatic ring is 1. The molecule has 0 unspecified atom stereocenters. The van der Waals surface area contributed by atoms with Crippen LogP contribution in [0, 0.1) is 5.82 Å². The average Bonchev–Trinajstić information content (AvgIpc) is 2.99. The smallest absolute Gasteiger partial charge is 0.260 e. The normalized spacial score (nSPS) is 10.6. The highest BCUT2D eigenvalue weighted by Crippen LogP contribution is 2.26. The van der Waals surface area contributed by atoms with Crippen molar-refractivity contribution in [1.82, 2.24) is 20.3 Å². The summed E-state index contributed by atoms with van der Waals surface area (Å²) in [6.07, 6.45) is 0. The minimum atomic E-state index is -0.441. The molecule has 0 saturated heterocycles. The zero-order valence-corrected chi connectivity index (χ0v) is 10.9. The van der Waals surface area contributed by atoms with Crippen molar-refractivity contribution in [2.45, 2.75) is 0 Å². The second kappa shape index (κ2) is 5.16. The first-order valence-corrected chi connectivity index (χ1v) is 5.94. The second-order valence-corrected chi connectivity index (χ2v) is 4.12. The minimum Gasteiger partial charge on any atom is -0.480 e. The summed E-state index contributed by atoms with van der Waals surface area (Å²) >= 11 is 0. The molecule has 21 heavy (non-hydrogen) atoms. The van der Waals surface area contributed by atoms with Crippen LogP contribution >= 0.6 is 0 Å². The van der Waals surface area contributed by atoms with Crippen LogP contribution in [0.2, 0.25) is 0 Å². The van der Waals surface area contributed by atoms with Crippen molar-refractivity contribution in [1.29, 1.82) is 0 Å². The lowest BCUT2D eigenvalue weighted by molar-refractivity contribution is 0.392. The van der Waals surface area contributed by atoms with Gasteiger partial charge in [-0.2, -0.15) is 4.98 Å². The van der Waals surface area contributed by atoms with Crippen LogP contribution in [0.25, 0.3) is 23.0 Å². The molecule has 3 aromatic rings. The van der Waals surface area contributed by atoms with E-state index >= 15 is 0 Å². The number of benzene rings is 1. The van der Waals surface area contributed by atoms with Gasteiger partial charge in [-0.15, -0.1) is 10.2 Å². The molecular formula is C13H10FN5O2. The van der Waals surface area contributed by atoms with Crippen LogP contribution in [0.15, 0.2) is 34.9 Å². The molecule has 8 heteroatoms. The Hall–Kier alpha value is -3.03. The lowest BCUT2D eigenvalue weighted by Crippen LogP contribution is -1.93. The van der Waals surface area contributed by atoms with Gasteiger partial charge in [0, 0.05) is 11.8 Å². The molecule has 2 heterocycles. The third kappa shape index (κ3) is 2.50. The van der Waals surface area contributed by atoms with Crippen LogP contribution in [0.5, 0.6) is 5.88 Å². The predicted octanol–water partition coefficient (Wildman–Crippen LogP) is 1.92. The van der Waals surface area contributed by atoms with Gasteiger partial charge < -0.3 is 15.0 Å². The van der Waals surface area contributed by atoms with Gasteiger partial charge >= 0.3 is 0 Å². The van der Waals surface area contributed by atoms with Gasteiger partial charge in [-0.3, -0.25) is 0 Å². The van der Waals surface area contributed by atoms with E-state index in [1.165, 1.54) is 25.3 Å². The Labute approximate surface area is 118 Å². The first-order chi connectivity index (χ1) is 10.2. The van der Waals surface area contributed by atoms with E-state index in [-0.39, 0.29) is 11.7 Å². The van der Waals surface area contributed by atoms with Crippen molar-refractivity contribution in [3.8, 4) is 28.9 Å². The van der Waals surface area contributed by atoms with Crippen molar-refractivity contribution >= 4 is 5.69 Å². The van der Waals surface area contributed by atoms with Crippen molar-refractivity contribution in [2.75, 3.05) is 12.8 Å². The van der Waals surface area contributed by atoms with Crippen molar-refractivity contribution in [3.63, 3.8) is 0 Å². The molecule has 0 aliphatic heterocycles. The van der Waals surface area contributed by atoms with E-state index in [9.17, 15) is 4.39 Å². The van der Waals surface area contributed by atoms with Gasteiger partial charge in [0.1, 0.15) is 11.5 Å². The van der Waals surface area contributed by atoms with E-state index in [4.69, 9.17) is 15.0 Å². The highest BCUT2D eigenvalue weighted by molar-refractivity contribution is 5.71. The van der Waals surface area contributed by atoms with Crippen molar-refractivity contribution in [3.05, 3.63) is 36.1 Å². The molecule has 0 aliphatic carbocycles. The van der Waals surface area contributed by atoms with Gasteiger partial charge in [0.2, 0.25) is 11.7 Å². The van der Waals surface area contributed by atoms with Crippen molar-refractivity contribution < 1.29 is 13.7 Å². The number of ether oxygens (including phenoxy) is 1. The molecule has 2 aromatic heterocycles. The van der Waals surface area contributed by atoms with Crippen LogP contribution in [0.3, 0.4) is 0 Å². The summed E-state index contributed by atoms with van der Waals surface area (Å²) in [5.74, 6) is 0.267. The topological polar surface area (TPSA) is 100.0 Å². The van der Waals surface area contributed by atoms with E-state index < -0.39 is 5.82 Å². The molecule has 2 N–H and O–H groups in total. The summed E-state index contributed by atoms with van der Waals surface area (Å²) in [4.78, 5) is 4.14. The van der Waals surface area contributed by atoms with E-state index in [1.807, 2.05) is 0 Å². The molecule has 106 valence electrons. The average molecular weight is 287 g/mol. The first kappa shape index (κ1) is 13.0. The Morgan fingerprint density at radius 3 is 2.76 bits per heavy atom. The molecule has 0 atom stereocenters. The second-order valence-electron chi connectivity index (χ2n) is 4.12. The number of hydrogen-bond donors (Lipinski definition) is 1. The Morgan fingerprint density at radius 1 is 1.19 bits per heavy atom. The summed E-state index contributed by atoms with van der Waals surface area (Å²) in [7, 11) is 1.49. The van der Waals surface area contributed by atoms with E-state index in [2.05, 4.69) is 20.3 Å². The summed E-state index contributed by atoms with van der Waals surface area (Å²) in [5.41, 5.74) is 6.84. The van der Waals surface area contributed by atoms with Gasteiger partial charge in [0.15, 0.2) is 0 Å². The molecule has 0 amide bonds. The number of nitrogens with two attached hydrogens (primary N) is 1. The predicted molar refractivity (Wildman–Crippen MR) is 71.7 cm³/mol. The zero-order chi connectivity index (χ0) is 14.8. The molecule has 0 aliphatic rings. The maximum atomic E-state index is 13.3. The molecular weight excluding hydrogens is 277 g/mol. The Bertz CT molecular complexity index is 772. The maximum absolute atomic E-state index is 13.3. The lowest BCUT2D eigenvalue weighted by atomic mass is 10.2. The number of aromatic nitrogens is 4. The van der Waals surface area contributed by atoms with E-state index in [1.54, 1.807) is 12.1 Å². The van der Waals surface area contributed by atoms with Gasteiger partial charge in [-0.1, -0.05) is 5.16 Å². The van der Waals surface area contributed by atoms with Gasteiger partial charge in [-0.25, -0.2) is 4.39 Å². The molecule has 7 nitrogen and oxygen atoms in total. The van der Waals surface area contributed by atoms with Crippen LogP contribution < -0.4 is 10.5 Å². The van der Waals surface area contributed by atoms with Crippen LogP contribution in [-0.4, -0.2) is 27.4 Å². The van der Waals surface area contributed by atoms with Gasteiger partial charge in [0.25, 0.3) is 5.89 Å². The lowest BCUT2D eigenvalue weighted by Gasteiger charge is -1.99. The Balaban J connectivity index is 1.97. The quantitative estimate of drug-likeness (QED) is 0.734. The minimum absolute atomic E-state index is 0.111. The monoisotopic (exact) mass is 287 g/mol. The fraction of sp³-hybridized carbons (Fsp3) is 0.0769. The summed E-state index contributed by atoms with van der Waals surface area (Å²) in [6, 6.07) is 7.17. The number of anilines is 1. The number of hydrogen-bond acceptors (Lipinski definition) is 7. The zero-order valence-electron chi connectivity index (χ0n) is 10.9. The number of nitrogens with zero attached hydrogens (tertiary/aromatic N) is 4. The number of methoxy groups -OCH3 is 1. The Morgan fingerprint density at radius 2 is 2.05 bits per heavy atom. The van der Waals surface area contributed by atoms with Crippen LogP contribution in [0.4, 0.5) is 10.1 Å². The largest absolute Gasteiger partial charge is 0.480 e. The van der Waals surface area contributed by atoms with Gasteiger partial charge in [0.05, 0.1) is 12.7 Å². The summed E-state index contributed by atoms with van der Waals surface area (Å²) in [5, 5.41) is 11.5. The summed E-state index contributed by atoms with van der Waals surface area (Å²) < 4.78 is 23.3. The van der Waals surface area contributed by atoms with Gasteiger partial charge in [-0.05, 0) is 24.3 Å². The highest BCUT2D eigenvalue weighted by atomic mass is 19.1. The SMILES string of the molecule is COc1ccc(-c2noc(-c3cc(F)ccc3N)n2)nn1. The first-order valence-electron chi connectivity index (χ1n) is 5.94. The van der Waals surface area contributed by atoms with Crippen molar-refractivity contribution in [2.24, 2.45) is 0 Å². The van der Waals surface area contributed by atoms with Crippen LogP contribution in [0.1, 0.15) is 0 Å². The molecule has 3 rings (SSSR count). The number of halogens is 1. The third-order valence-corrected chi connectivity index (χ3v) is 2.75. The molecule has 0 radical (unpaired) electrons. The molecule has 0 saturated carbocycles. The fourth-order valence-electron chi connectivity index (χ4n) is 1.70. The van der Waals surface area contributed by atoms with E-state index in [0.717, 1.165) is 0 Å².